The summed E-state index contributed by atoms with van der Waals surface area (Å²) in [5, 5.41) is 3.19. The van der Waals surface area contributed by atoms with Crippen molar-refractivity contribution in [2.75, 3.05) is 6.54 Å². The average Bonchev–Trinajstić information content (AvgIpc) is 2.41. The number of carbonyl (C=O) groups excluding carboxylic acids is 2. The zero-order valence-corrected chi connectivity index (χ0v) is 11.9. The number of rotatable bonds is 10. The molecule has 0 saturated carbocycles. The number of hydrogen-bond donors (Lipinski definition) is 1. The Bertz CT molecular complexity index is 356. The molecular weight excluding hydrogens is 238 g/mol. The summed E-state index contributed by atoms with van der Waals surface area (Å²) in [6.07, 6.45) is 14.7. The van der Waals surface area contributed by atoms with E-state index >= 15 is 0 Å². The Morgan fingerprint density at radius 2 is 1.47 bits per heavy atom. The molecule has 1 rings (SSSR count). The second-order valence-corrected chi connectivity index (χ2v) is 5.06. The van der Waals surface area contributed by atoms with Crippen LogP contribution in [0.5, 0.6) is 0 Å². The highest BCUT2D eigenvalue weighted by Gasteiger charge is 2.12. The van der Waals surface area contributed by atoms with Crippen LogP contribution in [-0.2, 0) is 9.59 Å². The Morgan fingerprint density at radius 3 is 2.11 bits per heavy atom. The molecule has 0 atom stereocenters. The molecule has 19 heavy (non-hydrogen) atoms. The van der Waals surface area contributed by atoms with Crippen molar-refractivity contribution in [3.8, 4) is 0 Å². The molecule has 0 aromatic heterocycles. The molecular formula is C16H25NO2. The van der Waals surface area contributed by atoms with Crippen LogP contribution < -0.4 is 5.32 Å². The third-order valence-electron chi connectivity index (χ3n) is 3.30. The van der Waals surface area contributed by atoms with Gasteiger partial charge in [0.1, 0.15) is 0 Å². The summed E-state index contributed by atoms with van der Waals surface area (Å²) in [5.41, 5.74) is 0.757. The summed E-state index contributed by atoms with van der Waals surface area (Å²) >= 11 is 0. The van der Waals surface area contributed by atoms with Crippen LogP contribution in [0.2, 0.25) is 0 Å². The average molecular weight is 263 g/mol. The maximum Gasteiger partial charge on any atom is 0.227 e. The SMILES string of the molecule is CCCCCCCCCCNC1=CC(=O)C(=O)C=C1. The molecule has 0 bridgehead atoms. The summed E-state index contributed by atoms with van der Waals surface area (Å²) in [6, 6.07) is 0. The van der Waals surface area contributed by atoms with Gasteiger partial charge < -0.3 is 5.32 Å². The summed E-state index contributed by atoms with van der Waals surface area (Å²) in [4.78, 5) is 22.1. The molecule has 106 valence electrons. The quantitative estimate of drug-likeness (QED) is 0.374. The zero-order valence-electron chi connectivity index (χ0n) is 11.9. The van der Waals surface area contributed by atoms with E-state index in [1.165, 1.54) is 57.1 Å². The lowest BCUT2D eigenvalue weighted by atomic mass is 10.1. The van der Waals surface area contributed by atoms with Gasteiger partial charge >= 0.3 is 0 Å². The Labute approximate surface area is 116 Å². The first-order valence-corrected chi connectivity index (χ1v) is 7.46. The minimum atomic E-state index is -0.433. The predicted molar refractivity (Wildman–Crippen MR) is 77.8 cm³/mol. The fraction of sp³-hybridized carbons (Fsp3) is 0.625. The van der Waals surface area contributed by atoms with Gasteiger partial charge in [-0.25, -0.2) is 0 Å². The molecule has 0 fully saturated rings. The van der Waals surface area contributed by atoms with Gasteiger partial charge in [0.25, 0.3) is 0 Å². The molecule has 0 aromatic rings. The number of unbranched alkanes of at least 4 members (excludes halogenated alkanes) is 7. The molecule has 1 N–H and O–H groups in total. The lowest BCUT2D eigenvalue weighted by Crippen LogP contribution is -2.20. The van der Waals surface area contributed by atoms with Crippen molar-refractivity contribution in [1.29, 1.82) is 0 Å². The summed E-state index contributed by atoms with van der Waals surface area (Å²) < 4.78 is 0. The highest BCUT2D eigenvalue weighted by molar-refractivity contribution is 6.46. The maximum atomic E-state index is 11.1. The van der Waals surface area contributed by atoms with Crippen molar-refractivity contribution in [1.82, 2.24) is 5.32 Å². The maximum absolute atomic E-state index is 11.1. The Morgan fingerprint density at radius 1 is 0.842 bits per heavy atom. The number of nitrogens with one attached hydrogen (secondary N) is 1. The molecule has 1 aliphatic rings. The molecule has 0 unspecified atom stereocenters. The van der Waals surface area contributed by atoms with E-state index < -0.39 is 11.6 Å². The molecule has 3 heteroatoms. The van der Waals surface area contributed by atoms with Crippen molar-refractivity contribution in [3.63, 3.8) is 0 Å². The first-order chi connectivity index (χ1) is 9.24. The molecule has 3 nitrogen and oxygen atoms in total. The number of allylic oxidation sites excluding steroid dienone is 3. The van der Waals surface area contributed by atoms with Crippen molar-refractivity contribution in [2.24, 2.45) is 0 Å². The minimum absolute atomic E-state index is 0.430. The third kappa shape index (κ3) is 6.94. The largest absolute Gasteiger partial charge is 0.385 e. The number of carbonyl (C=O) groups is 2. The summed E-state index contributed by atoms with van der Waals surface area (Å²) in [5.74, 6) is -0.862. The first kappa shape index (κ1) is 15.7. The summed E-state index contributed by atoms with van der Waals surface area (Å²) in [6.45, 7) is 3.10. The Balaban J connectivity index is 1.97. The zero-order chi connectivity index (χ0) is 13.9. The van der Waals surface area contributed by atoms with Gasteiger partial charge in [-0.15, -0.1) is 0 Å². The van der Waals surface area contributed by atoms with Crippen LogP contribution in [-0.4, -0.2) is 18.1 Å². The van der Waals surface area contributed by atoms with E-state index in [0.29, 0.717) is 0 Å². The topological polar surface area (TPSA) is 46.2 Å². The monoisotopic (exact) mass is 263 g/mol. The standard InChI is InChI=1S/C16H25NO2/c1-2-3-4-5-6-7-8-9-12-17-14-10-11-15(18)16(19)13-14/h10-11,13,17H,2-9,12H2,1H3. The van der Waals surface area contributed by atoms with Gasteiger partial charge in [0, 0.05) is 18.3 Å². The molecule has 0 amide bonds. The van der Waals surface area contributed by atoms with Crippen LogP contribution in [0, 0.1) is 0 Å². The van der Waals surface area contributed by atoms with Crippen LogP contribution in [0.15, 0.2) is 23.9 Å². The number of hydrogen-bond acceptors (Lipinski definition) is 3. The van der Waals surface area contributed by atoms with E-state index in [9.17, 15) is 9.59 Å². The highest BCUT2D eigenvalue weighted by atomic mass is 16.2. The summed E-state index contributed by atoms with van der Waals surface area (Å²) in [7, 11) is 0. The van der Waals surface area contributed by atoms with Gasteiger partial charge in [0.05, 0.1) is 0 Å². The fourth-order valence-corrected chi connectivity index (χ4v) is 2.11. The normalized spacial score (nSPS) is 14.7. The van der Waals surface area contributed by atoms with Crippen molar-refractivity contribution in [2.45, 2.75) is 58.3 Å². The van der Waals surface area contributed by atoms with Crippen LogP contribution in [0.1, 0.15) is 58.3 Å². The Kier molecular flexibility index (Phi) is 7.87. The van der Waals surface area contributed by atoms with Gasteiger partial charge in [-0.3, -0.25) is 9.59 Å². The lowest BCUT2D eigenvalue weighted by Gasteiger charge is -2.09. The fourth-order valence-electron chi connectivity index (χ4n) is 2.11. The molecule has 0 saturated heterocycles. The van der Waals surface area contributed by atoms with Crippen molar-refractivity contribution >= 4 is 11.6 Å². The second-order valence-electron chi connectivity index (χ2n) is 5.06. The van der Waals surface area contributed by atoms with Gasteiger partial charge in [-0.1, -0.05) is 51.9 Å². The van der Waals surface area contributed by atoms with E-state index in [0.717, 1.165) is 18.7 Å². The lowest BCUT2D eigenvalue weighted by molar-refractivity contribution is -0.131. The molecule has 0 heterocycles. The molecule has 0 radical (unpaired) electrons. The van der Waals surface area contributed by atoms with Crippen LogP contribution in [0.25, 0.3) is 0 Å². The van der Waals surface area contributed by atoms with Crippen LogP contribution in [0.4, 0.5) is 0 Å². The predicted octanol–water partition coefficient (Wildman–Crippen LogP) is 3.31. The Hall–Kier alpha value is -1.38. The molecule has 0 aromatic carbocycles. The second kappa shape index (κ2) is 9.54. The van der Waals surface area contributed by atoms with Gasteiger partial charge in [-0.2, -0.15) is 0 Å². The van der Waals surface area contributed by atoms with E-state index in [1.807, 2.05) is 0 Å². The third-order valence-corrected chi connectivity index (χ3v) is 3.30. The molecule has 0 spiro atoms. The van der Waals surface area contributed by atoms with Gasteiger partial charge in [0.2, 0.25) is 11.6 Å². The van der Waals surface area contributed by atoms with E-state index in [1.54, 1.807) is 6.08 Å². The molecule has 0 aliphatic heterocycles. The highest BCUT2D eigenvalue weighted by Crippen LogP contribution is 2.08. The van der Waals surface area contributed by atoms with Gasteiger partial charge in [-0.05, 0) is 18.6 Å². The van der Waals surface area contributed by atoms with Crippen molar-refractivity contribution < 1.29 is 9.59 Å². The minimum Gasteiger partial charge on any atom is -0.385 e. The van der Waals surface area contributed by atoms with E-state index in [-0.39, 0.29) is 0 Å². The van der Waals surface area contributed by atoms with Crippen LogP contribution >= 0.6 is 0 Å². The van der Waals surface area contributed by atoms with E-state index in [2.05, 4.69) is 12.2 Å². The smallest absolute Gasteiger partial charge is 0.227 e. The van der Waals surface area contributed by atoms with Gasteiger partial charge in [0.15, 0.2) is 0 Å². The van der Waals surface area contributed by atoms with E-state index in [4.69, 9.17) is 0 Å². The number of ketones is 2. The van der Waals surface area contributed by atoms with Crippen molar-refractivity contribution in [3.05, 3.63) is 23.9 Å². The first-order valence-electron chi connectivity index (χ1n) is 7.46. The van der Waals surface area contributed by atoms with Crippen LogP contribution in [0.3, 0.4) is 0 Å². The molecule has 1 aliphatic carbocycles.